The summed E-state index contributed by atoms with van der Waals surface area (Å²) in [4.78, 5) is 10.8. The fourth-order valence-corrected chi connectivity index (χ4v) is 4.09. The van der Waals surface area contributed by atoms with Crippen molar-refractivity contribution in [3.05, 3.63) is 23.8 Å². The molecule has 0 spiro atoms. The number of ether oxygens (including phenoxy) is 1. The molecule has 0 amide bonds. The molecule has 1 aromatic rings. The lowest BCUT2D eigenvalue weighted by atomic mass is 10.2. The minimum Gasteiger partial charge on any atom is -0.478 e. The number of rotatable bonds is 4. The minimum absolute atomic E-state index is 0.0412. The van der Waals surface area contributed by atoms with Crippen LogP contribution in [0.2, 0.25) is 0 Å². The number of sulfonamides is 1. The van der Waals surface area contributed by atoms with Crippen LogP contribution in [0, 0.1) is 0 Å². The third kappa shape index (κ3) is 3.02. The molecule has 0 bridgehead atoms. The highest BCUT2D eigenvalue weighted by Gasteiger charge is 2.34. The van der Waals surface area contributed by atoms with Crippen LogP contribution in [0.5, 0.6) is 0 Å². The lowest BCUT2D eigenvalue weighted by molar-refractivity contribution is 0.0314. The monoisotopic (exact) mass is 314 g/mol. The minimum atomic E-state index is -3.76. The Balaban J connectivity index is 2.41. The lowest BCUT2D eigenvalue weighted by Gasteiger charge is -2.34. The summed E-state index contributed by atoms with van der Waals surface area (Å²) in [6, 6.07) is 3.42. The van der Waals surface area contributed by atoms with Crippen molar-refractivity contribution in [2.75, 3.05) is 25.5 Å². The molecule has 3 N–H and O–H groups in total. The van der Waals surface area contributed by atoms with Crippen molar-refractivity contribution in [1.82, 2.24) is 4.31 Å². The second kappa shape index (κ2) is 6.00. The maximum absolute atomic E-state index is 12.7. The maximum atomic E-state index is 12.7. The van der Waals surface area contributed by atoms with Gasteiger partial charge in [-0.15, -0.1) is 0 Å². The Morgan fingerprint density at radius 3 is 2.81 bits per heavy atom. The fourth-order valence-electron chi connectivity index (χ4n) is 2.32. The molecule has 1 atom stereocenters. The van der Waals surface area contributed by atoms with Gasteiger partial charge in [0.2, 0.25) is 10.0 Å². The Morgan fingerprint density at radius 1 is 1.52 bits per heavy atom. The zero-order valence-corrected chi connectivity index (χ0v) is 12.5. The molecule has 2 rings (SSSR count). The standard InChI is InChI=1S/C13H18N2O5S/c1-2-10-8-20-6-5-15(10)21(18,19)12-4-3-9(13(16)17)7-11(12)14/h3-4,7,10H,2,5-6,8,14H2,1H3,(H,16,17). The number of carbonyl (C=O) groups is 1. The van der Waals surface area contributed by atoms with E-state index < -0.39 is 16.0 Å². The number of morpholine rings is 1. The number of nitrogens with zero attached hydrogens (tertiary/aromatic N) is 1. The van der Waals surface area contributed by atoms with Crippen LogP contribution < -0.4 is 5.73 Å². The number of anilines is 1. The summed E-state index contributed by atoms with van der Waals surface area (Å²) in [5, 5.41) is 8.90. The Kier molecular flexibility index (Phi) is 4.50. The van der Waals surface area contributed by atoms with E-state index in [2.05, 4.69) is 0 Å². The van der Waals surface area contributed by atoms with Crippen LogP contribution in [0.4, 0.5) is 5.69 Å². The van der Waals surface area contributed by atoms with Crippen LogP contribution >= 0.6 is 0 Å². The first kappa shape index (κ1) is 15.7. The maximum Gasteiger partial charge on any atom is 0.335 e. The van der Waals surface area contributed by atoms with Crippen LogP contribution in [0.15, 0.2) is 23.1 Å². The number of carboxylic acid groups (broad SMARTS) is 1. The average Bonchev–Trinajstić information content (AvgIpc) is 2.46. The van der Waals surface area contributed by atoms with Gasteiger partial charge >= 0.3 is 5.97 Å². The number of benzene rings is 1. The van der Waals surface area contributed by atoms with Gasteiger partial charge in [0.05, 0.1) is 24.5 Å². The third-order valence-corrected chi connectivity index (χ3v) is 5.51. The molecule has 21 heavy (non-hydrogen) atoms. The number of aromatic carboxylic acids is 1. The Labute approximate surface area is 123 Å². The zero-order chi connectivity index (χ0) is 15.6. The summed E-state index contributed by atoms with van der Waals surface area (Å²) in [5.41, 5.74) is 5.64. The fraction of sp³-hybridized carbons (Fsp3) is 0.462. The van der Waals surface area contributed by atoms with Crippen LogP contribution in [-0.4, -0.2) is 49.6 Å². The second-order valence-electron chi connectivity index (χ2n) is 4.81. The summed E-state index contributed by atoms with van der Waals surface area (Å²) >= 11 is 0. The number of nitrogens with two attached hydrogens (primary N) is 1. The quantitative estimate of drug-likeness (QED) is 0.794. The van der Waals surface area contributed by atoms with E-state index in [9.17, 15) is 13.2 Å². The van der Waals surface area contributed by atoms with Gasteiger partial charge in [-0.05, 0) is 24.6 Å². The van der Waals surface area contributed by atoms with Crippen molar-refractivity contribution < 1.29 is 23.1 Å². The van der Waals surface area contributed by atoms with E-state index in [0.717, 1.165) is 6.07 Å². The second-order valence-corrected chi connectivity index (χ2v) is 6.67. The van der Waals surface area contributed by atoms with Gasteiger partial charge in [-0.2, -0.15) is 4.31 Å². The highest BCUT2D eigenvalue weighted by molar-refractivity contribution is 7.89. The molecule has 7 nitrogen and oxygen atoms in total. The molecular weight excluding hydrogens is 296 g/mol. The summed E-state index contributed by atoms with van der Waals surface area (Å²) in [7, 11) is -3.76. The Bertz CT molecular complexity index is 644. The van der Waals surface area contributed by atoms with Gasteiger partial charge in [0, 0.05) is 12.6 Å². The normalized spacial score (nSPS) is 20.3. The van der Waals surface area contributed by atoms with Gasteiger partial charge in [0.25, 0.3) is 0 Å². The van der Waals surface area contributed by atoms with Gasteiger partial charge in [-0.1, -0.05) is 6.92 Å². The Morgan fingerprint density at radius 2 is 2.24 bits per heavy atom. The SMILES string of the molecule is CCC1COCCN1S(=O)(=O)c1ccc(C(=O)O)cc1N. The largest absolute Gasteiger partial charge is 0.478 e. The number of nitrogen functional groups attached to an aromatic ring is 1. The van der Waals surface area contributed by atoms with Crippen LogP contribution in [-0.2, 0) is 14.8 Å². The van der Waals surface area contributed by atoms with E-state index in [1.807, 2.05) is 6.92 Å². The van der Waals surface area contributed by atoms with E-state index in [-0.39, 0.29) is 28.7 Å². The average molecular weight is 314 g/mol. The Hall–Kier alpha value is -1.64. The molecule has 116 valence electrons. The molecule has 0 aliphatic carbocycles. The molecule has 1 aliphatic rings. The van der Waals surface area contributed by atoms with Gasteiger partial charge in [-0.3, -0.25) is 0 Å². The highest BCUT2D eigenvalue weighted by Crippen LogP contribution is 2.27. The lowest BCUT2D eigenvalue weighted by Crippen LogP contribution is -2.48. The van der Waals surface area contributed by atoms with Crippen molar-refractivity contribution in [3.63, 3.8) is 0 Å². The van der Waals surface area contributed by atoms with E-state index in [0.29, 0.717) is 19.6 Å². The molecule has 8 heteroatoms. The molecule has 1 saturated heterocycles. The first-order valence-electron chi connectivity index (χ1n) is 6.60. The summed E-state index contributed by atoms with van der Waals surface area (Å²) in [5.74, 6) is -1.15. The number of hydrogen-bond acceptors (Lipinski definition) is 5. The first-order valence-corrected chi connectivity index (χ1v) is 8.04. The summed E-state index contributed by atoms with van der Waals surface area (Å²) < 4.78 is 32.1. The molecular formula is C13H18N2O5S. The van der Waals surface area contributed by atoms with E-state index >= 15 is 0 Å². The molecule has 0 aromatic heterocycles. The van der Waals surface area contributed by atoms with Gasteiger partial charge in [0.1, 0.15) is 4.90 Å². The molecule has 1 unspecified atom stereocenters. The number of hydrogen-bond donors (Lipinski definition) is 2. The van der Waals surface area contributed by atoms with Crippen LogP contribution in [0.3, 0.4) is 0 Å². The number of carboxylic acids is 1. The van der Waals surface area contributed by atoms with Crippen LogP contribution in [0.25, 0.3) is 0 Å². The van der Waals surface area contributed by atoms with Crippen molar-refractivity contribution in [2.45, 2.75) is 24.3 Å². The molecule has 0 saturated carbocycles. The highest BCUT2D eigenvalue weighted by atomic mass is 32.2. The molecule has 1 heterocycles. The van der Waals surface area contributed by atoms with Crippen molar-refractivity contribution in [3.8, 4) is 0 Å². The predicted octanol–water partition coefficient (Wildman–Crippen LogP) is 0.766. The smallest absolute Gasteiger partial charge is 0.335 e. The van der Waals surface area contributed by atoms with Crippen molar-refractivity contribution in [1.29, 1.82) is 0 Å². The third-order valence-electron chi connectivity index (χ3n) is 3.49. The summed E-state index contributed by atoms with van der Waals surface area (Å²) in [6.45, 7) is 2.84. The first-order chi connectivity index (χ1) is 9.87. The molecule has 0 radical (unpaired) electrons. The summed E-state index contributed by atoms with van der Waals surface area (Å²) in [6.07, 6.45) is 0.631. The topological polar surface area (TPSA) is 110 Å². The van der Waals surface area contributed by atoms with Gasteiger partial charge in [-0.25, -0.2) is 13.2 Å². The zero-order valence-electron chi connectivity index (χ0n) is 11.7. The van der Waals surface area contributed by atoms with E-state index in [1.54, 1.807) is 0 Å². The van der Waals surface area contributed by atoms with Crippen LogP contribution in [0.1, 0.15) is 23.7 Å². The molecule has 1 aliphatic heterocycles. The van der Waals surface area contributed by atoms with Gasteiger partial charge in [0.15, 0.2) is 0 Å². The van der Waals surface area contributed by atoms with E-state index in [4.69, 9.17) is 15.6 Å². The molecule has 1 fully saturated rings. The van der Waals surface area contributed by atoms with Crippen molar-refractivity contribution >= 4 is 21.7 Å². The van der Waals surface area contributed by atoms with Crippen molar-refractivity contribution in [2.24, 2.45) is 0 Å². The predicted molar refractivity (Wildman–Crippen MR) is 76.6 cm³/mol. The van der Waals surface area contributed by atoms with E-state index in [1.165, 1.54) is 16.4 Å². The molecule has 1 aromatic carbocycles. The van der Waals surface area contributed by atoms with Gasteiger partial charge < -0.3 is 15.6 Å².